The molecule has 4 rings (SSSR count). The van der Waals surface area contributed by atoms with Gasteiger partial charge in [-0.05, 0) is 49.1 Å². The predicted molar refractivity (Wildman–Crippen MR) is 109 cm³/mol. The number of piperidine rings is 1. The van der Waals surface area contributed by atoms with Gasteiger partial charge in [0.2, 0.25) is 5.95 Å². The topological polar surface area (TPSA) is 53.5 Å². The Balaban J connectivity index is 1.31. The molecule has 0 amide bonds. The molecule has 1 unspecified atom stereocenters. The first kappa shape index (κ1) is 18.0. The quantitative estimate of drug-likeness (QED) is 0.847. The van der Waals surface area contributed by atoms with Crippen molar-refractivity contribution < 1.29 is 4.74 Å². The Hall–Kier alpha value is -2.34. The van der Waals surface area contributed by atoms with E-state index in [9.17, 15) is 0 Å². The number of fused-ring (bicyclic) bond motifs is 1. The van der Waals surface area contributed by atoms with Crippen LogP contribution in [0.4, 0.5) is 11.8 Å². The Bertz CT molecular complexity index is 779. The summed E-state index contributed by atoms with van der Waals surface area (Å²) in [6, 6.07) is 9.07. The number of hydrogen-bond donors (Lipinski definition) is 1. The molecule has 1 aromatic carbocycles. The Labute approximate surface area is 161 Å². The highest BCUT2D eigenvalue weighted by Gasteiger charge is 2.20. The standard InChI is InChI=1S/C21H29N5O/c1-25(2)21-22-10-7-20(24-21)23-18-4-3-11-26(15-18)12-8-16-5-6-19-17(14-16)9-13-27-19/h5-7,10,14,18H,3-4,8-9,11-13,15H2,1-2H3,(H,22,23,24). The predicted octanol–water partition coefficient (Wildman–Crippen LogP) is 2.60. The number of ether oxygens (including phenoxy) is 1. The third-order valence-electron chi connectivity index (χ3n) is 5.37. The van der Waals surface area contributed by atoms with Crippen LogP contribution in [0.3, 0.4) is 0 Å². The van der Waals surface area contributed by atoms with Gasteiger partial charge in [-0.25, -0.2) is 4.98 Å². The van der Waals surface area contributed by atoms with Crippen LogP contribution in [0.25, 0.3) is 0 Å². The van der Waals surface area contributed by atoms with E-state index in [1.165, 1.54) is 30.5 Å². The van der Waals surface area contributed by atoms with Crippen molar-refractivity contribution in [3.8, 4) is 5.75 Å². The number of rotatable bonds is 6. The Morgan fingerprint density at radius 2 is 2.22 bits per heavy atom. The average Bonchev–Trinajstić information content (AvgIpc) is 3.15. The van der Waals surface area contributed by atoms with E-state index in [1.807, 2.05) is 31.3 Å². The van der Waals surface area contributed by atoms with Crippen molar-refractivity contribution >= 4 is 11.8 Å². The van der Waals surface area contributed by atoms with Crippen LogP contribution in [0.15, 0.2) is 30.5 Å². The van der Waals surface area contributed by atoms with Crippen LogP contribution < -0.4 is 15.0 Å². The smallest absolute Gasteiger partial charge is 0.226 e. The number of nitrogens with zero attached hydrogens (tertiary/aromatic N) is 4. The van der Waals surface area contributed by atoms with Gasteiger partial charge in [0.05, 0.1) is 6.61 Å². The van der Waals surface area contributed by atoms with E-state index in [0.717, 1.165) is 50.1 Å². The number of benzene rings is 1. The van der Waals surface area contributed by atoms with E-state index in [0.29, 0.717) is 6.04 Å². The highest BCUT2D eigenvalue weighted by Crippen LogP contribution is 2.26. The number of hydrogen-bond acceptors (Lipinski definition) is 6. The van der Waals surface area contributed by atoms with E-state index in [-0.39, 0.29) is 0 Å². The molecule has 0 radical (unpaired) electrons. The van der Waals surface area contributed by atoms with Gasteiger partial charge in [0.25, 0.3) is 0 Å². The van der Waals surface area contributed by atoms with Crippen LogP contribution >= 0.6 is 0 Å². The molecule has 1 saturated heterocycles. The molecule has 0 spiro atoms. The molecule has 0 bridgehead atoms. The molecule has 3 heterocycles. The normalized spacial score (nSPS) is 19.4. The van der Waals surface area contributed by atoms with Crippen molar-refractivity contribution in [3.05, 3.63) is 41.6 Å². The van der Waals surface area contributed by atoms with Crippen LogP contribution in [-0.4, -0.2) is 61.2 Å². The summed E-state index contributed by atoms with van der Waals surface area (Å²) in [4.78, 5) is 13.4. The van der Waals surface area contributed by atoms with Crippen LogP contribution in [0.1, 0.15) is 24.0 Å². The zero-order valence-corrected chi connectivity index (χ0v) is 16.3. The first-order valence-electron chi connectivity index (χ1n) is 9.91. The lowest BCUT2D eigenvalue weighted by atomic mass is 10.0. The van der Waals surface area contributed by atoms with Gasteiger partial charge in [0, 0.05) is 45.8 Å². The highest BCUT2D eigenvalue weighted by molar-refractivity contribution is 5.41. The molecule has 1 fully saturated rings. The Kier molecular flexibility index (Phi) is 5.43. The zero-order valence-electron chi connectivity index (χ0n) is 16.3. The molecule has 144 valence electrons. The molecule has 1 atom stereocenters. The van der Waals surface area contributed by atoms with E-state index in [2.05, 4.69) is 38.4 Å². The SMILES string of the molecule is CN(C)c1nccc(NC2CCCN(CCc3ccc4c(c3)CCO4)C2)n1. The average molecular weight is 367 g/mol. The molecule has 2 aromatic rings. The van der Waals surface area contributed by atoms with E-state index in [1.54, 1.807) is 0 Å². The van der Waals surface area contributed by atoms with Crippen LogP contribution in [0.2, 0.25) is 0 Å². The second-order valence-corrected chi connectivity index (χ2v) is 7.71. The second kappa shape index (κ2) is 8.13. The van der Waals surface area contributed by atoms with Crippen molar-refractivity contribution in [1.29, 1.82) is 0 Å². The minimum absolute atomic E-state index is 0.442. The first-order valence-corrected chi connectivity index (χ1v) is 9.91. The summed E-state index contributed by atoms with van der Waals surface area (Å²) >= 11 is 0. The van der Waals surface area contributed by atoms with Gasteiger partial charge in [0.15, 0.2) is 0 Å². The summed E-state index contributed by atoms with van der Waals surface area (Å²) in [6.45, 7) is 4.18. The maximum Gasteiger partial charge on any atom is 0.226 e. The lowest BCUT2D eigenvalue weighted by Crippen LogP contribution is -2.43. The molecule has 2 aliphatic rings. The maximum atomic E-state index is 5.61. The molecular formula is C21H29N5O. The van der Waals surface area contributed by atoms with Crippen molar-refractivity contribution in [2.45, 2.75) is 31.7 Å². The Morgan fingerprint density at radius 3 is 3.11 bits per heavy atom. The van der Waals surface area contributed by atoms with Gasteiger partial charge in [0.1, 0.15) is 11.6 Å². The number of nitrogens with one attached hydrogen (secondary N) is 1. The van der Waals surface area contributed by atoms with Crippen molar-refractivity contribution in [2.75, 3.05) is 50.6 Å². The fourth-order valence-electron chi connectivity index (χ4n) is 3.91. The summed E-state index contributed by atoms with van der Waals surface area (Å²) in [5.74, 6) is 2.73. The molecule has 6 heteroatoms. The number of aromatic nitrogens is 2. The molecular weight excluding hydrogens is 338 g/mol. The van der Waals surface area contributed by atoms with Gasteiger partial charge in [-0.15, -0.1) is 0 Å². The summed E-state index contributed by atoms with van der Waals surface area (Å²) in [6.07, 6.45) is 6.38. The third kappa shape index (κ3) is 4.50. The molecule has 1 N–H and O–H groups in total. The molecule has 27 heavy (non-hydrogen) atoms. The van der Waals surface area contributed by atoms with E-state index < -0.39 is 0 Å². The van der Waals surface area contributed by atoms with Crippen molar-refractivity contribution in [1.82, 2.24) is 14.9 Å². The van der Waals surface area contributed by atoms with Gasteiger partial charge in [-0.1, -0.05) is 12.1 Å². The number of anilines is 2. The lowest BCUT2D eigenvalue weighted by Gasteiger charge is -2.33. The molecule has 1 aromatic heterocycles. The van der Waals surface area contributed by atoms with Gasteiger partial charge in [-0.2, -0.15) is 4.98 Å². The van der Waals surface area contributed by atoms with Gasteiger partial charge >= 0.3 is 0 Å². The minimum Gasteiger partial charge on any atom is -0.493 e. The molecule has 2 aliphatic heterocycles. The van der Waals surface area contributed by atoms with Crippen LogP contribution in [0, 0.1) is 0 Å². The zero-order chi connectivity index (χ0) is 18.6. The highest BCUT2D eigenvalue weighted by atomic mass is 16.5. The summed E-state index contributed by atoms with van der Waals surface area (Å²) < 4.78 is 5.61. The summed E-state index contributed by atoms with van der Waals surface area (Å²) in [5.41, 5.74) is 2.78. The summed E-state index contributed by atoms with van der Waals surface area (Å²) in [5, 5.41) is 3.60. The monoisotopic (exact) mass is 367 g/mol. The van der Waals surface area contributed by atoms with Crippen LogP contribution in [-0.2, 0) is 12.8 Å². The fourth-order valence-corrected chi connectivity index (χ4v) is 3.91. The molecule has 0 saturated carbocycles. The largest absolute Gasteiger partial charge is 0.493 e. The maximum absolute atomic E-state index is 5.61. The van der Waals surface area contributed by atoms with Crippen molar-refractivity contribution in [2.24, 2.45) is 0 Å². The van der Waals surface area contributed by atoms with E-state index in [4.69, 9.17) is 4.74 Å². The van der Waals surface area contributed by atoms with E-state index >= 15 is 0 Å². The third-order valence-corrected chi connectivity index (χ3v) is 5.37. The first-order chi connectivity index (χ1) is 13.2. The van der Waals surface area contributed by atoms with Crippen LogP contribution in [0.5, 0.6) is 5.75 Å². The fraction of sp³-hybridized carbons (Fsp3) is 0.524. The van der Waals surface area contributed by atoms with Gasteiger partial charge < -0.3 is 19.9 Å². The second-order valence-electron chi connectivity index (χ2n) is 7.71. The Morgan fingerprint density at radius 1 is 1.30 bits per heavy atom. The molecule has 6 nitrogen and oxygen atoms in total. The van der Waals surface area contributed by atoms with Gasteiger partial charge in [-0.3, -0.25) is 0 Å². The summed E-state index contributed by atoms with van der Waals surface area (Å²) in [7, 11) is 3.93. The van der Waals surface area contributed by atoms with Crippen molar-refractivity contribution in [3.63, 3.8) is 0 Å². The molecule has 0 aliphatic carbocycles. The number of likely N-dealkylation sites (tertiary alicyclic amines) is 1. The minimum atomic E-state index is 0.442. The lowest BCUT2D eigenvalue weighted by molar-refractivity contribution is 0.218.